The van der Waals surface area contributed by atoms with Crippen LogP contribution >= 0.6 is 0 Å². The molecule has 0 spiro atoms. The van der Waals surface area contributed by atoms with Crippen LogP contribution in [0.4, 0.5) is 5.69 Å². The lowest BCUT2D eigenvalue weighted by Crippen LogP contribution is -1.87. The van der Waals surface area contributed by atoms with E-state index in [0.29, 0.717) is 0 Å². The Bertz CT molecular complexity index is 653. The van der Waals surface area contributed by atoms with Gasteiger partial charge in [0.1, 0.15) is 0 Å². The highest BCUT2D eigenvalue weighted by molar-refractivity contribution is 5.67. The molecule has 3 nitrogen and oxygen atoms in total. The summed E-state index contributed by atoms with van der Waals surface area (Å²) < 4.78 is 0. The molecule has 0 aromatic heterocycles. The SMILES string of the molecule is CC(=C=Cc1cccc([N+](=O)[O-])c1)c1ccccc1. The Morgan fingerprint density at radius 2 is 1.89 bits per heavy atom. The highest BCUT2D eigenvalue weighted by atomic mass is 16.6. The zero-order chi connectivity index (χ0) is 13.7. The first-order valence-electron chi connectivity index (χ1n) is 5.90. The molecule has 0 radical (unpaired) electrons. The van der Waals surface area contributed by atoms with E-state index in [4.69, 9.17) is 0 Å². The van der Waals surface area contributed by atoms with E-state index in [-0.39, 0.29) is 5.69 Å². The first-order chi connectivity index (χ1) is 9.16. The summed E-state index contributed by atoms with van der Waals surface area (Å²) in [5.74, 6) is 0. The number of hydrogen-bond donors (Lipinski definition) is 0. The number of allylic oxidation sites excluding steroid dienone is 1. The van der Waals surface area contributed by atoms with Gasteiger partial charge in [0.05, 0.1) is 4.92 Å². The van der Waals surface area contributed by atoms with Gasteiger partial charge in [-0.1, -0.05) is 42.5 Å². The molecule has 0 N–H and O–H groups in total. The van der Waals surface area contributed by atoms with Crippen molar-refractivity contribution in [2.24, 2.45) is 0 Å². The van der Waals surface area contributed by atoms with Crippen LogP contribution in [0.5, 0.6) is 0 Å². The zero-order valence-electron chi connectivity index (χ0n) is 10.5. The number of nitrogens with zero attached hydrogens (tertiary/aromatic N) is 1. The molecular weight excluding hydrogens is 238 g/mol. The van der Waals surface area contributed by atoms with Gasteiger partial charge < -0.3 is 0 Å². The van der Waals surface area contributed by atoms with E-state index in [1.807, 2.05) is 43.3 Å². The fourth-order valence-electron chi connectivity index (χ4n) is 1.69. The van der Waals surface area contributed by atoms with Crippen LogP contribution in [0, 0.1) is 10.1 Å². The van der Waals surface area contributed by atoms with Gasteiger partial charge in [-0.2, -0.15) is 0 Å². The number of rotatable bonds is 3. The second-order valence-electron chi connectivity index (χ2n) is 4.13. The number of benzene rings is 2. The van der Waals surface area contributed by atoms with Crippen molar-refractivity contribution in [2.75, 3.05) is 0 Å². The Labute approximate surface area is 111 Å². The molecule has 0 unspecified atom stereocenters. The molecular formula is C16H13NO2. The van der Waals surface area contributed by atoms with Crippen molar-refractivity contribution in [3.8, 4) is 0 Å². The largest absolute Gasteiger partial charge is 0.270 e. The Morgan fingerprint density at radius 1 is 1.16 bits per heavy atom. The van der Waals surface area contributed by atoms with Crippen molar-refractivity contribution in [1.29, 1.82) is 0 Å². The normalized spacial score (nSPS) is 9.53. The molecule has 0 aliphatic heterocycles. The van der Waals surface area contributed by atoms with Crippen LogP contribution in [-0.2, 0) is 0 Å². The quantitative estimate of drug-likeness (QED) is 0.463. The lowest BCUT2D eigenvalue weighted by Gasteiger charge is -1.96. The Balaban J connectivity index is 2.32. The Morgan fingerprint density at radius 3 is 2.58 bits per heavy atom. The summed E-state index contributed by atoms with van der Waals surface area (Å²) in [5, 5.41) is 10.7. The molecule has 0 heterocycles. The van der Waals surface area contributed by atoms with Crippen LogP contribution < -0.4 is 0 Å². The van der Waals surface area contributed by atoms with Crippen LogP contribution in [0.15, 0.2) is 60.3 Å². The van der Waals surface area contributed by atoms with Crippen molar-refractivity contribution >= 4 is 17.3 Å². The fourth-order valence-corrected chi connectivity index (χ4v) is 1.69. The number of nitro groups is 1. The average molecular weight is 251 g/mol. The third-order valence-electron chi connectivity index (χ3n) is 2.74. The van der Waals surface area contributed by atoms with Crippen LogP contribution in [0.2, 0.25) is 0 Å². The van der Waals surface area contributed by atoms with E-state index in [0.717, 1.165) is 16.7 Å². The summed E-state index contributed by atoms with van der Waals surface area (Å²) >= 11 is 0. The number of hydrogen-bond acceptors (Lipinski definition) is 2. The van der Waals surface area contributed by atoms with Gasteiger partial charge in [0.2, 0.25) is 0 Å². The minimum absolute atomic E-state index is 0.0907. The van der Waals surface area contributed by atoms with Gasteiger partial charge in [-0.15, -0.1) is 5.73 Å². The average Bonchev–Trinajstić information content (AvgIpc) is 2.46. The minimum atomic E-state index is -0.398. The molecule has 94 valence electrons. The molecule has 0 fully saturated rings. The smallest absolute Gasteiger partial charge is 0.258 e. The van der Waals surface area contributed by atoms with E-state index >= 15 is 0 Å². The summed E-state index contributed by atoms with van der Waals surface area (Å²) in [6.45, 7) is 1.96. The molecule has 3 heteroatoms. The first-order valence-corrected chi connectivity index (χ1v) is 5.90. The highest BCUT2D eigenvalue weighted by Gasteiger charge is 2.03. The maximum Gasteiger partial charge on any atom is 0.270 e. The van der Waals surface area contributed by atoms with Gasteiger partial charge in [-0.25, -0.2) is 0 Å². The van der Waals surface area contributed by atoms with E-state index in [1.165, 1.54) is 12.1 Å². The predicted octanol–water partition coefficient (Wildman–Crippen LogP) is 4.31. The monoisotopic (exact) mass is 251 g/mol. The molecule has 0 saturated carbocycles. The van der Waals surface area contributed by atoms with Crippen LogP contribution in [0.1, 0.15) is 18.1 Å². The highest BCUT2D eigenvalue weighted by Crippen LogP contribution is 2.15. The molecule has 0 amide bonds. The van der Waals surface area contributed by atoms with E-state index in [1.54, 1.807) is 12.1 Å². The Kier molecular flexibility index (Phi) is 3.91. The number of non-ortho nitro benzene ring substituents is 1. The first kappa shape index (κ1) is 12.8. The van der Waals surface area contributed by atoms with Gasteiger partial charge in [-0.05, 0) is 29.7 Å². The minimum Gasteiger partial charge on any atom is -0.258 e. The van der Waals surface area contributed by atoms with Crippen LogP contribution in [0.3, 0.4) is 0 Å². The second kappa shape index (κ2) is 5.80. The van der Waals surface area contributed by atoms with E-state index < -0.39 is 4.92 Å². The van der Waals surface area contributed by atoms with Crippen molar-refractivity contribution < 1.29 is 4.92 Å². The summed E-state index contributed by atoms with van der Waals surface area (Å²) in [6, 6.07) is 16.4. The van der Waals surface area contributed by atoms with Crippen LogP contribution in [-0.4, -0.2) is 4.92 Å². The van der Waals surface area contributed by atoms with E-state index in [2.05, 4.69) is 5.73 Å². The summed E-state index contributed by atoms with van der Waals surface area (Å²) in [6.07, 6.45) is 1.76. The molecule has 2 aromatic carbocycles. The molecule has 0 atom stereocenters. The Hall–Kier alpha value is -2.64. The predicted molar refractivity (Wildman–Crippen MR) is 76.6 cm³/mol. The van der Waals surface area contributed by atoms with Crippen molar-refractivity contribution in [3.63, 3.8) is 0 Å². The van der Waals surface area contributed by atoms with Crippen molar-refractivity contribution in [3.05, 3.63) is 81.6 Å². The summed E-state index contributed by atoms with van der Waals surface area (Å²) in [4.78, 5) is 10.3. The molecule has 0 bridgehead atoms. The number of nitro benzene ring substituents is 1. The summed E-state index contributed by atoms with van der Waals surface area (Å²) in [5.41, 5.74) is 6.09. The maximum absolute atomic E-state index is 10.7. The second-order valence-corrected chi connectivity index (χ2v) is 4.13. The summed E-state index contributed by atoms with van der Waals surface area (Å²) in [7, 11) is 0. The lowest BCUT2D eigenvalue weighted by atomic mass is 10.1. The molecule has 0 aliphatic rings. The third kappa shape index (κ3) is 3.41. The molecule has 0 saturated heterocycles. The standard InChI is InChI=1S/C16H13NO2/c1-13(15-7-3-2-4-8-15)10-11-14-6-5-9-16(12-14)17(18)19/h2-9,11-12H,1H3. The molecule has 2 aromatic rings. The van der Waals surface area contributed by atoms with Gasteiger partial charge in [0.15, 0.2) is 0 Å². The van der Waals surface area contributed by atoms with E-state index in [9.17, 15) is 10.1 Å². The molecule has 0 aliphatic carbocycles. The van der Waals surface area contributed by atoms with Gasteiger partial charge >= 0.3 is 0 Å². The topological polar surface area (TPSA) is 43.1 Å². The zero-order valence-corrected chi connectivity index (χ0v) is 10.5. The third-order valence-corrected chi connectivity index (χ3v) is 2.74. The van der Waals surface area contributed by atoms with Crippen molar-refractivity contribution in [1.82, 2.24) is 0 Å². The lowest BCUT2D eigenvalue weighted by molar-refractivity contribution is -0.384. The van der Waals surface area contributed by atoms with Gasteiger partial charge in [0.25, 0.3) is 5.69 Å². The van der Waals surface area contributed by atoms with Crippen molar-refractivity contribution in [2.45, 2.75) is 6.92 Å². The van der Waals surface area contributed by atoms with Gasteiger partial charge in [-0.3, -0.25) is 10.1 Å². The van der Waals surface area contributed by atoms with Gasteiger partial charge in [0, 0.05) is 12.1 Å². The van der Waals surface area contributed by atoms with Crippen LogP contribution in [0.25, 0.3) is 11.6 Å². The molecule has 19 heavy (non-hydrogen) atoms. The maximum atomic E-state index is 10.7. The fraction of sp³-hybridized carbons (Fsp3) is 0.0625. The molecule has 2 rings (SSSR count).